The van der Waals surface area contributed by atoms with Gasteiger partial charge in [-0.1, -0.05) is 18.2 Å². The Morgan fingerprint density at radius 3 is 2.46 bits per heavy atom. The molecule has 3 aromatic rings. The molecule has 0 fully saturated rings. The van der Waals surface area contributed by atoms with E-state index in [9.17, 15) is 4.79 Å². The summed E-state index contributed by atoms with van der Waals surface area (Å²) in [6.45, 7) is 5.54. The molecule has 5 nitrogen and oxygen atoms in total. The smallest absolute Gasteiger partial charge is 0.336 e. The molecule has 1 aromatic heterocycles. The zero-order chi connectivity index (χ0) is 20.3. The van der Waals surface area contributed by atoms with Crippen molar-refractivity contribution in [3.63, 3.8) is 0 Å². The first-order valence-corrected chi connectivity index (χ1v) is 9.35. The zero-order valence-corrected chi connectivity index (χ0v) is 17.2. The molecule has 0 bridgehead atoms. The van der Waals surface area contributed by atoms with Crippen molar-refractivity contribution in [1.82, 2.24) is 4.90 Å². The Morgan fingerprint density at radius 2 is 1.75 bits per heavy atom. The van der Waals surface area contributed by atoms with E-state index in [1.165, 1.54) is 5.56 Å². The summed E-state index contributed by atoms with van der Waals surface area (Å²) in [7, 11) is 5.33. The molecule has 0 unspecified atom stereocenters. The molecule has 148 valence electrons. The number of rotatable bonds is 7. The fourth-order valence-corrected chi connectivity index (χ4v) is 3.38. The first-order valence-electron chi connectivity index (χ1n) is 9.35. The Bertz CT molecular complexity index is 1040. The average molecular weight is 381 g/mol. The molecule has 0 amide bonds. The van der Waals surface area contributed by atoms with Gasteiger partial charge in [0.2, 0.25) is 0 Å². The van der Waals surface area contributed by atoms with Gasteiger partial charge in [-0.25, -0.2) is 4.79 Å². The lowest BCUT2D eigenvalue weighted by molar-refractivity contribution is 0.330. The maximum atomic E-state index is 12.0. The lowest BCUT2D eigenvalue weighted by Crippen LogP contribution is -2.21. The van der Waals surface area contributed by atoms with Gasteiger partial charge in [-0.05, 0) is 61.7 Å². The molecule has 1 heterocycles. The maximum absolute atomic E-state index is 12.0. The van der Waals surface area contributed by atoms with Gasteiger partial charge in [-0.3, -0.25) is 0 Å². The number of aryl methyl sites for hydroxylation is 2. The highest BCUT2D eigenvalue weighted by molar-refractivity contribution is 5.83. The second-order valence-electron chi connectivity index (χ2n) is 7.15. The highest BCUT2D eigenvalue weighted by atomic mass is 16.5. The fraction of sp³-hybridized carbons (Fsp3) is 0.348. The Labute approximate surface area is 165 Å². The fourth-order valence-electron chi connectivity index (χ4n) is 3.38. The van der Waals surface area contributed by atoms with Gasteiger partial charge in [0.15, 0.2) is 11.5 Å². The lowest BCUT2D eigenvalue weighted by Gasteiger charge is -2.18. The van der Waals surface area contributed by atoms with Gasteiger partial charge < -0.3 is 18.8 Å². The molecular weight excluding hydrogens is 354 g/mol. The molecule has 0 aliphatic heterocycles. The molecule has 0 aliphatic rings. The summed E-state index contributed by atoms with van der Waals surface area (Å²) in [6.07, 6.45) is 0.869. The van der Waals surface area contributed by atoms with Crippen molar-refractivity contribution in [1.29, 1.82) is 0 Å². The van der Waals surface area contributed by atoms with E-state index in [2.05, 4.69) is 18.0 Å². The minimum Gasteiger partial charge on any atom is -0.493 e. The van der Waals surface area contributed by atoms with E-state index in [1.54, 1.807) is 20.3 Å². The van der Waals surface area contributed by atoms with E-state index in [0.717, 1.165) is 46.5 Å². The van der Waals surface area contributed by atoms with Crippen molar-refractivity contribution in [3.8, 4) is 11.5 Å². The van der Waals surface area contributed by atoms with E-state index < -0.39 is 0 Å². The van der Waals surface area contributed by atoms with Crippen LogP contribution in [0.25, 0.3) is 11.0 Å². The van der Waals surface area contributed by atoms with Crippen LogP contribution in [0.4, 0.5) is 0 Å². The first-order chi connectivity index (χ1) is 13.4. The molecule has 0 saturated carbocycles. The third-order valence-electron chi connectivity index (χ3n) is 5.19. The van der Waals surface area contributed by atoms with Crippen LogP contribution in [0.3, 0.4) is 0 Å². The number of benzene rings is 2. The van der Waals surface area contributed by atoms with Gasteiger partial charge >= 0.3 is 5.63 Å². The van der Waals surface area contributed by atoms with E-state index in [-0.39, 0.29) is 5.63 Å². The molecule has 2 aromatic carbocycles. The van der Waals surface area contributed by atoms with Crippen LogP contribution in [-0.2, 0) is 13.0 Å². The zero-order valence-electron chi connectivity index (χ0n) is 17.2. The van der Waals surface area contributed by atoms with Crippen LogP contribution in [0.1, 0.15) is 22.3 Å². The summed E-state index contributed by atoms with van der Waals surface area (Å²) >= 11 is 0. The third kappa shape index (κ3) is 4.20. The number of nitrogens with zero attached hydrogens (tertiary/aromatic N) is 1. The van der Waals surface area contributed by atoms with Crippen LogP contribution in [0, 0.1) is 13.8 Å². The molecule has 0 N–H and O–H groups in total. The standard InChI is InChI=1S/C23H27NO4/c1-15-6-8-19-18(13-22(25)28-23(19)16(15)2)14-24(3)11-10-17-7-9-20(26-4)21(12-17)27-5/h6-9,12-13H,10-11,14H2,1-5H3. The van der Waals surface area contributed by atoms with Crippen LogP contribution in [-0.4, -0.2) is 32.7 Å². The topological polar surface area (TPSA) is 51.9 Å². The number of methoxy groups -OCH3 is 2. The third-order valence-corrected chi connectivity index (χ3v) is 5.19. The van der Waals surface area contributed by atoms with Crippen molar-refractivity contribution in [2.24, 2.45) is 0 Å². The normalized spacial score (nSPS) is 11.2. The molecule has 0 saturated heterocycles. The molecule has 0 atom stereocenters. The van der Waals surface area contributed by atoms with Gasteiger partial charge in [0.1, 0.15) is 5.58 Å². The van der Waals surface area contributed by atoms with E-state index in [4.69, 9.17) is 13.9 Å². The van der Waals surface area contributed by atoms with E-state index in [1.807, 2.05) is 38.1 Å². The van der Waals surface area contributed by atoms with Crippen LogP contribution in [0.2, 0.25) is 0 Å². The molecule has 0 radical (unpaired) electrons. The first kappa shape index (κ1) is 20.0. The second kappa shape index (κ2) is 8.48. The number of hydrogen-bond donors (Lipinski definition) is 0. The molecule has 3 rings (SSSR count). The number of likely N-dealkylation sites (N-methyl/N-ethyl adjacent to an activating group) is 1. The van der Waals surface area contributed by atoms with E-state index >= 15 is 0 Å². The highest BCUT2D eigenvalue weighted by Crippen LogP contribution is 2.28. The van der Waals surface area contributed by atoms with Crippen LogP contribution in [0.5, 0.6) is 11.5 Å². The highest BCUT2D eigenvalue weighted by Gasteiger charge is 2.12. The van der Waals surface area contributed by atoms with Crippen molar-refractivity contribution < 1.29 is 13.9 Å². The summed E-state index contributed by atoms with van der Waals surface area (Å²) < 4.78 is 16.1. The number of ether oxygens (including phenoxy) is 2. The lowest BCUT2D eigenvalue weighted by atomic mass is 10.0. The predicted molar refractivity (Wildman–Crippen MR) is 112 cm³/mol. The van der Waals surface area contributed by atoms with Gasteiger partial charge in [0.05, 0.1) is 14.2 Å². The molecule has 0 spiro atoms. The van der Waals surface area contributed by atoms with Crippen molar-refractivity contribution in [3.05, 3.63) is 69.1 Å². The van der Waals surface area contributed by atoms with Crippen molar-refractivity contribution in [2.45, 2.75) is 26.8 Å². The monoisotopic (exact) mass is 381 g/mol. The van der Waals surface area contributed by atoms with Gasteiger partial charge in [0.25, 0.3) is 0 Å². The van der Waals surface area contributed by atoms with E-state index in [0.29, 0.717) is 12.1 Å². The maximum Gasteiger partial charge on any atom is 0.336 e. The minimum absolute atomic E-state index is 0.301. The quantitative estimate of drug-likeness (QED) is 0.577. The Balaban J connectivity index is 1.76. The van der Waals surface area contributed by atoms with Crippen molar-refractivity contribution in [2.75, 3.05) is 27.8 Å². The molecule has 28 heavy (non-hydrogen) atoms. The summed E-state index contributed by atoms with van der Waals surface area (Å²) in [5.41, 5.74) is 4.69. The Kier molecular flexibility index (Phi) is 6.05. The summed E-state index contributed by atoms with van der Waals surface area (Å²) in [6, 6.07) is 11.7. The summed E-state index contributed by atoms with van der Waals surface area (Å²) in [4.78, 5) is 14.3. The van der Waals surface area contributed by atoms with Crippen LogP contribution in [0.15, 0.2) is 45.6 Å². The largest absolute Gasteiger partial charge is 0.493 e. The molecule has 5 heteroatoms. The van der Waals surface area contributed by atoms with Crippen LogP contribution >= 0.6 is 0 Å². The summed E-state index contributed by atoms with van der Waals surface area (Å²) in [5, 5.41) is 1.00. The SMILES string of the molecule is COc1ccc(CCN(C)Cc2cc(=O)oc3c(C)c(C)ccc23)cc1OC. The van der Waals surface area contributed by atoms with Gasteiger partial charge in [-0.15, -0.1) is 0 Å². The Morgan fingerprint density at radius 1 is 1.00 bits per heavy atom. The second-order valence-corrected chi connectivity index (χ2v) is 7.15. The summed E-state index contributed by atoms with van der Waals surface area (Å²) in [5.74, 6) is 1.47. The Hall–Kier alpha value is -2.79. The minimum atomic E-state index is -0.301. The number of fused-ring (bicyclic) bond motifs is 1. The average Bonchev–Trinajstić information content (AvgIpc) is 2.69. The molecular formula is C23H27NO4. The number of hydrogen-bond acceptors (Lipinski definition) is 5. The van der Waals surface area contributed by atoms with Crippen LogP contribution < -0.4 is 15.1 Å². The predicted octanol–water partition coefficient (Wildman–Crippen LogP) is 4.10. The van der Waals surface area contributed by atoms with Gasteiger partial charge in [0, 0.05) is 24.5 Å². The molecule has 0 aliphatic carbocycles. The van der Waals surface area contributed by atoms with Gasteiger partial charge in [-0.2, -0.15) is 0 Å². The van der Waals surface area contributed by atoms with Crippen molar-refractivity contribution >= 4 is 11.0 Å².